The number of benzene rings is 2. The number of nitro groups is 2. The van der Waals surface area contributed by atoms with Crippen LogP contribution in [-0.4, -0.2) is 19.9 Å². The van der Waals surface area contributed by atoms with E-state index in [0.717, 1.165) is 6.07 Å². The van der Waals surface area contributed by atoms with E-state index in [0.29, 0.717) is 11.2 Å². The Hall–Kier alpha value is -3.37. The fourth-order valence-electron chi connectivity index (χ4n) is 2.38. The lowest BCUT2D eigenvalue weighted by Crippen LogP contribution is -1.97. The molecule has 0 aliphatic heterocycles. The first-order valence-corrected chi connectivity index (χ1v) is 8.28. The summed E-state index contributed by atoms with van der Waals surface area (Å²) in [5.41, 5.74) is 0.365. The zero-order valence-corrected chi connectivity index (χ0v) is 15.5. The second-order valence-electron chi connectivity index (χ2n) is 5.61. The van der Waals surface area contributed by atoms with E-state index in [1.807, 2.05) is 0 Å². The first kappa shape index (κ1) is 19.4. The molecule has 0 spiro atoms. The van der Waals surface area contributed by atoms with Crippen LogP contribution in [-0.2, 0) is 0 Å². The Balaban J connectivity index is 1.91. The molecule has 12 heteroatoms. The predicted molar refractivity (Wildman–Crippen MR) is 103 cm³/mol. The average Bonchev–Trinajstić information content (AvgIpc) is 2.97. The molecule has 1 aromatic heterocycles. The number of halogens is 2. The monoisotopic (exact) mass is 424 g/mol. The van der Waals surface area contributed by atoms with Gasteiger partial charge in [0.1, 0.15) is 21.3 Å². The number of aromatic hydroxyl groups is 1. The third kappa shape index (κ3) is 3.82. The molecule has 0 atom stereocenters. The predicted octanol–water partition coefficient (Wildman–Crippen LogP) is 5.13. The first-order valence-electron chi connectivity index (χ1n) is 7.52. The molecule has 0 aliphatic carbocycles. The number of phenols is 1. The molecular weight excluding hydrogens is 415 g/mol. The highest BCUT2D eigenvalue weighted by Gasteiger charge is 2.18. The van der Waals surface area contributed by atoms with E-state index in [9.17, 15) is 25.3 Å². The minimum atomic E-state index is -0.711. The zero-order chi connectivity index (χ0) is 20.6. The normalized spacial score (nSPS) is 11.6. The highest BCUT2D eigenvalue weighted by Crippen LogP contribution is 2.36. The van der Waals surface area contributed by atoms with Crippen molar-refractivity contribution in [2.45, 2.75) is 6.92 Å². The highest BCUT2D eigenvalue weighted by atomic mass is 35.5. The van der Waals surface area contributed by atoms with Crippen molar-refractivity contribution in [1.82, 2.24) is 4.98 Å². The number of nitrogens with zero attached hydrogens (tertiary/aromatic N) is 3. The number of allylic oxidation sites excluding steroid dienone is 1. The molecule has 0 aliphatic rings. The standard InChI is InChI=1S/C16H10Cl2N4O6/c1-7(19-10-3-8(17)12(21(24)25)5-14(10)23)2-16-20-11-4-9(18)13(22(26)27)6-15(11)28-16/h2-6,19,23H,1H3/b7-2+. The van der Waals surface area contributed by atoms with E-state index >= 15 is 0 Å². The largest absolute Gasteiger partial charge is 0.506 e. The summed E-state index contributed by atoms with van der Waals surface area (Å²) < 4.78 is 5.46. The van der Waals surface area contributed by atoms with Crippen LogP contribution in [0.15, 0.2) is 34.4 Å². The van der Waals surface area contributed by atoms with E-state index in [2.05, 4.69) is 10.3 Å². The number of hydrogen-bond acceptors (Lipinski definition) is 8. The molecule has 0 bridgehead atoms. The number of phenolic OH excluding ortho intramolecular Hbond substituents is 1. The molecule has 3 rings (SSSR count). The van der Waals surface area contributed by atoms with Crippen LogP contribution < -0.4 is 5.32 Å². The Morgan fingerprint density at radius 1 is 1.14 bits per heavy atom. The molecule has 2 aromatic carbocycles. The maximum atomic E-state index is 10.9. The van der Waals surface area contributed by atoms with Gasteiger partial charge in [-0.25, -0.2) is 4.98 Å². The Morgan fingerprint density at radius 3 is 2.39 bits per heavy atom. The van der Waals surface area contributed by atoms with Gasteiger partial charge in [0.25, 0.3) is 11.4 Å². The minimum absolute atomic E-state index is 0.0679. The SMILES string of the molecule is C/C(=C\c1nc2cc(Cl)c([N+](=O)[O-])cc2o1)Nc1cc(Cl)c([N+](=O)[O-])cc1O. The lowest BCUT2D eigenvalue weighted by molar-refractivity contribution is -0.384. The molecule has 10 nitrogen and oxygen atoms in total. The molecule has 0 saturated carbocycles. The number of rotatable bonds is 5. The van der Waals surface area contributed by atoms with E-state index in [1.165, 1.54) is 24.3 Å². The smallest absolute Gasteiger partial charge is 0.291 e. The van der Waals surface area contributed by atoms with Crippen molar-refractivity contribution in [3.05, 3.63) is 66.1 Å². The Kier molecular flexibility index (Phi) is 5.08. The fourth-order valence-corrected chi connectivity index (χ4v) is 2.84. The lowest BCUT2D eigenvalue weighted by Gasteiger charge is -2.09. The van der Waals surface area contributed by atoms with Crippen molar-refractivity contribution in [2.24, 2.45) is 0 Å². The quantitative estimate of drug-likeness (QED) is 0.325. The molecule has 0 fully saturated rings. The van der Waals surface area contributed by atoms with Gasteiger partial charge in [-0.2, -0.15) is 0 Å². The molecule has 0 radical (unpaired) electrons. The van der Waals surface area contributed by atoms with Crippen molar-refractivity contribution in [2.75, 3.05) is 5.32 Å². The molecule has 2 N–H and O–H groups in total. The van der Waals surface area contributed by atoms with Crippen LogP contribution in [0.3, 0.4) is 0 Å². The lowest BCUT2D eigenvalue weighted by atomic mass is 10.2. The van der Waals surface area contributed by atoms with E-state index in [4.69, 9.17) is 27.6 Å². The fraction of sp³-hybridized carbons (Fsp3) is 0.0625. The second kappa shape index (κ2) is 7.33. The molecule has 0 amide bonds. The summed E-state index contributed by atoms with van der Waals surface area (Å²) in [6, 6.07) is 4.63. The summed E-state index contributed by atoms with van der Waals surface area (Å²) in [5, 5.41) is 34.3. The van der Waals surface area contributed by atoms with Crippen LogP contribution in [0, 0.1) is 20.2 Å². The van der Waals surface area contributed by atoms with Crippen LogP contribution in [0.1, 0.15) is 12.8 Å². The van der Waals surface area contributed by atoms with Gasteiger partial charge in [0.15, 0.2) is 5.58 Å². The van der Waals surface area contributed by atoms with Gasteiger partial charge in [-0.05, 0) is 19.1 Å². The Labute approximate surface area is 166 Å². The van der Waals surface area contributed by atoms with Crippen molar-refractivity contribution < 1.29 is 19.4 Å². The number of anilines is 1. The molecular formula is C16H10Cl2N4O6. The molecule has 0 unspecified atom stereocenters. The number of oxazole rings is 1. The van der Waals surface area contributed by atoms with Crippen LogP contribution >= 0.6 is 23.2 Å². The third-order valence-electron chi connectivity index (χ3n) is 3.60. The van der Waals surface area contributed by atoms with Gasteiger partial charge in [-0.1, -0.05) is 23.2 Å². The summed E-state index contributed by atoms with van der Waals surface area (Å²) in [4.78, 5) is 24.6. The number of aromatic nitrogens is 1. The molecule has 28 heavy (non-hydrogen) atoms. The maximum absolute atomic E-state index is 10.9. The summed E-state index contributed by atoms with van der Waals surface area (Å²) in [5.74, 6) is -0.243. The number of fused-ring (bicyclic) bond motifs is 1. The van der Waals surface area contributed by atoms with Crippen molar-refractivity contribution in [1.29, 1.82) is 0 Å². The Morgan fingerprint density at radius 2 is 1.75 bits per heavy atom. The summed E-state index contributed by atoms with van der Waals surface area (Å²) >= 11 is 11.7. The molecule has 3 aromatic rings. The van der Waals surface area contributed by atoms with Crippen LogP contribution in [0.25, 0.3) is 17.2 Å². The summed E-state index contributed by atoms with van der Waals surface area (Å²) in [7, 11) is 0. The van der Waals surface area contributed by atoms with Gasteiger partial charge >= 0.3 is 0 Å². The second-order valence-corrected chi connectivity index (χ2v) is 6.43. The molecule has 144 valence electrons. The molecule has 1 heterocycles. The van der Waals surface area contributed by atoms with Gasteiger partial charge in [0, 0.05) is 11.8 Å². The third-order valence-corrected chi connectivity index (χ3v) is 4.21. The van der Waals surface area contributed by atoms with Gasteiger partial charge in [-0.15, -0.1) is 0 Å². The van der Waals surface area contributed by atoms with E-state index < -0.39 is 15.5 Å². The van der Waals surface area contributed by atoms with Crippen LogP contribution in [0.2, 0.25) is 10.0 Å². The summed E-state index contributed by atoms with van der Waals surface area (Å²) in [6.45, 7) is 1.62. The number of nitrogens with one attached hydrogen (secondary N) is 1. The van der Waals surface area contributed by atoms with Gasteiger partial charge in [0.05, 0.1) is 27.7 Å². The zero-order valence-electron chi connectivity index (χ0n) is 14.0. The Bertz CT molecular complexity index is 1160. The number of hydrogen-bond donors (Lipinski definition) is 2. The maximum Gasteiger partial charge on any atom is 0.291 e. The van der Waals surface area contributed by atoms with Crippen LogP contribution in [0.5, 0.6) is 5.75 Å². The van der Waals surface area contributed by atoms with Crippen LogP contribution in [0.4, 0.5) is 17.1 Å². The minimum Gasteiger partial charge on any atom is -0.506 e. The highest BCUT2D eigenvalue weighted by molar-refractivity contribution is 6.33. The molecule has 0 saturated heterocycles. The van der Waals surface area contributed by atoms with E-state index in [1.54, 1.807) is 6.92 Å². The first-order chi connectivity index (χ1) is 13.2. The van der Waals surface area contributed by atoms with Crippen molar-refractivity contribution in [3.63, 3.8) is 0 Å². The van der Waals surface area contributed by atoms with Gasteiger partial charge < -0.3 is 14.8 Å². The topological polar surface area (TPSA) is 145 Å². The van der Waals surface area contributed by atoms with Crippen molar-refractivity contribution >= 4 is 57.4 Å². The van der Waals surface area contributed by atoms with Crippen molar-refractivity contribution in [3.8, 4) is 5.75 Å². The van der Waals surface area contributed by atoms with E-state index in [-0.39, 0.29) is 38.6 Å². The van der Waals surface area contributed by atoms with Gasteiger partial charge in [-0.3, -0.25) is 20.2 Å². The van der Waals surface area contributed by atoms with Gasteiger partial charge in [0.2, 0.25) is 5.89 Å². The number of nitro benzene ring substituents is 2. The summed E-state index contributed by atoms with van der Waals surface area (Å²) in [6.07, 6.45) is 1.47. The average molecular weight is 425 g/mol.